The number of hydrogen-bond acceptors (Lipinski definition) is 2. The monoisotopic (exact) mass is 348 g/mol. The van der Waals surface area contributed by atoms with Gasteiger partial charge < -0.3 is 10.6 Å². The number of piperidine rings is 1. The minimum absolute atomic E-state index is 0. The zero-order chi connectivity index (χ0) is 13.9. The first-order valence-electron chi connectivity index (χ1n) is 8.25. The molecule has 1 atom stereocenters. The zero-order valence-corrected chi connectivity index (χ0v) is 14.8. The van der Waals surface area contributed by atoms with Crippen molar-refractivity contribution in [2.24, 2.45) is 11.7 Å². The summed E-state index contributed by atoms with van der Waals surface area (Å²) in [6.07, 6.45) is 13.0. The van der Waals surface area contributed by atoms with Gasteiger partial charge in [-0.1, -0.05) is 51.9 Å². The Morgan fingerprint density at radius 2 is 1.70 bits per heavy atom. The van der Waals surface area contributed by atoms with E-state index in [2.05, 4.69) is 11.8 Å². The quantitative estimate of drug-likeness (QED) is 0.608. The SMILES string of the molecule is Br.CCCCCCCCCCN1CCCC(C(N)=O)C1. The summed E-state index contributed by atoms with van der Waals surface area (Å²) in [6, 6.07) is 0. The van der Waals surface area contributed by atoms with E-state index in [0.717, 1.165) is 32.5 Å². The number of amides is 1. The summed E-state index contributed by atoms with van der Waals surface area (Å²) >= 11 is 0. The predicted molar refractivity (Wildman–Crippen MR) is 91.3 cm³/mol. The minimum Gasteiger partial charge on any atom is -0.369 e. The van der Waals surface area contributed by atoms with Gasteiger partial charge in [0.15, 0.2) is 0 Å². The van der Waals surface area contributed by atoms with Crippen molar-refractivity contribution in [1.29, 1.82) is 0 Å². The fourth-order valence-electron chi connectivity index (χ4n) is 2.96. The lowest BCUT2D eigenvalue weighted by Gasteiger charge is -2.31. The summed E-state index contributed by atoms with van der Waals surface area (Å²) in [4.78, 5) is 13.6. The summed E-state index contributed by atoms with van der Waals surface area (Å²) in [5, 5.41) is 0. The number of carbonyl (C=O) groups is 1. The average molecular weight is 349 g/mol. The minimum atomic E-state index is -0.111. The molecule has 1 fully saturated rings. The Labute approximate surface area is 135 Å². The molecule has 0 radical (unpaired) electrons. The summed E-state index contributed by atoms with van der Waals surface area (Å²) in [7, 11) is 0. The van der Waals surface area contributed by atoms with Crippen molar-refractivity contribution >= 4 is 22.9 Å². The fourth-order valence-corrected chi connectivity index (χ4v) is 2.96. The molecule has 4 heteroatoms. The van der Waals surface area contributed by atoms with Crippen LogP contribution in [0.5, 0.6) is 0 Å². The van der Waals surface area contributed by atoms with Crippen molar-refractivity contribution in [3.05, 3.63) is 0 Å². The van der Waals surface area contributed by atoms with E-state index in [0.29, 0.717) is 0 Å². The third-order valence-electron chi connectivity index (χ3n) is 4.24. The molecule has 1 aliphatic heterocycles. The number of hydrogen-bond donors (Lipinski definition) is 1. The number of rotatable bonds is 10. The van der Waals surface area contributed by atoms with Crippen molar-refractivity contribution in [3.63, 3.8) is 0 Å². The lowest BCUT2D eigenvalue weighted by molar-refractivity contribution is -0.123. The number of likely N-dealkylation sites (tertiary alicyclic amines) is 1. The molecule has 1 heterocycles. The van der Waals surface area contributed by atoms with E-state index in [-0.39, 0.29) is 28.8 Å². The topological polar surface area (TPSA) is 46.3 Å². The Hall–Kier alpha value is -0.0900. The molecule has 0 bridgehead atoms. The number of nitrogens with zero attached hydrogens (tertiary/aromatic N) is 1. The van der Waals surface area contributed by atoms with Crippen molar-refractivity contribution in [3.8, 4) is 0 Å². The normalized spacial score (nSPS) is 19.6. The summed E-state index contributed by atoms with van der Waals surface area (Å²) < 4.78 is 0. The van der Waals surface area contributed by atoms with E-state index in [1.54, 1.807) is 0 Å². The number of halogens is 1. The molecule has 1 rings (SSSR count). The molecule has 0 aliphatic carbocycles. The Morgan fingerprint density at radius 3 is 2.30 bits per heavy atom. The van der Waals surface area contributed by atoms with Crippen molar-refractivity contribution in [1.82, 2.24) is 4.90 Å². The third-order valence-corrected chi connectivity index (χ3v) is 4.24. The van der Waals surface area contributed by atoms with Crippen LogP contribution in [0.3, 0.4) is 0 Å². The van der Waals surface area contributed by atoms with Crippen LogP contribution < -0.4 is 5.73 Å². The Kier molecular flexibility index (Phi) is 12.6. The number of primary amides is 1. The van der Waals surface area contributed by atoms with Crippen LogP contribution in [0.15, 0.2) is 0 Å². The summed E-state index contributed by atoms with van der Waals surface area (Å²) in [5.74, 6) is -0.0107. The Balaban J connectivity index is 0.00000361. The van der Waals surface area contributed by atoms with Gasteiger partial charge >= 0.3 is 0 Å². The molecule has 1 amide bonds. The Bertz CT molecular complexity index is 249. The molecule has 120 valence electrons. The molecule has 1 aliphatic rings. The number of carbonyl (C=O) groups excluding carboxylic acids is 1. The molecule has 0 spiro atoms. The molecule has 0 aromatic rings. The van der Waals surface area contributed by atoms with Gasteiger partial charge in [0.05, 0.1) is 5.92 Å². The number of nitrogens with two attached hydrogens (primary N) is 1. The molecule has 1 saturated heterocycles. The number of unbranched alkanes of at least 4 members (excludes halogenated alkanes) is 7. The second kappa shape index (κ2) is 12.6. The highest BCUT2D eigenvalue weighted by Crippen LogP contribution is 2.17. The van der Waals surface area contributed by atoms with Crippen LogP contribution in [0.1, 0.15) is 71.1 Å². The second-order valence-corrected chi connectivity index (χ2v) is 6.02. The first-order valence-corrected chi connectivity index (χ1v) is 8.25. The van der Waals surface area contributed by atoms with Crippen molar-refractivity contribution in [2.45, 2.75) is 71.1 Å². The third kappa shape index (κ3) is 8.96. The highest BCUT2D eigenvalue weighted by molar-refractivity contribution is 8.93. The van der Waals surface area contributed by atoms with E-state index < -0.39 is 0 Å². The van der Waals surface area contributed by atoms with Gasteiger partial charge in [-0.2, -0.15) is 0 Å². The van der Waals surface area contributed by atoms with Crippen molar-refractivity contribution < 1.29 is 4.79 Å². The van der Waals surface area contributed by atoms with Gasteiger partial charge in [-0.15, -0.1) is 17.0 Å². The van der Waals surface area contributed by atoms with Crippen LogP contribution >= 0.6 is 17.0 Å². The van der Waals surface area contributed by atoms with E-state index >= 15 is 0 Å². The van der Waals surface area contributed by atoms with Crippen LogP contribution in [-0.4, -0.2) is 30.4 Å². The van der Waals surface area contributed by atoms with Crippen LogP contribution in [0.4, 0.5) is 0 Å². The molecular formula is C16H33BrN2O. The second-order valence-electron chi connectivity index (χ2n) is 6.02. The van der Waals surface area contributed by atoms with Gasteiger partial charge in [-0.3, -0.25) is 4.79 Å². The molecule has 1 unspecified atom stereocenters. The van der Waals surface area contributed by atoms with E-state index in [1.807, 2.05) is 0 Å². The fraction of sp³-hybridized carbons (Fsp3) is 0.938. The van der Waals surface area contributed by atoms with Gasteiger partial charge in [-0.05, 0) is 32.4 Å². The molecule has 0 saturated carbocycles. The molecule has 0 aromatic carbocycles. The highest BCUT2D eigenvalue weighted by atomic mass is 79.9. The maximum Gasteiger partial charge on any atom is 0.221 e. The maximum atomic E-state index is 11.2. The smallest absolute Gasteiger partial charge is 0.221 e. The molecular weight excluding hydrogens is 316 g/mol. The highest BCUT2D eigenvalue weighted by Gasteiger charge is 2.23. The van der Waals surface area contributed by atoms with Crippen LogP contribution in [0.2, 0.25) is 0 Å². The van der Waals surface area contributed by atoms with Gasteiger partial charge in [0.1, 0.15) is 0 Å². The van der Waals surface area contributed by atoms with Gasteiger partial charge in [-0.25, -0.2) is 0 Å². The average Bonchev–Trinajstić information content (AvgIpc) is 2.42. The van der Waals surface area contributed by atoms with Crippen LogP contribution in [0.25, 0.3) is 0 Å². The van der Waals surface area contributed by atoms with Crippen molar-refractivity contribution in [2.75, 3.05) is 19.6 Å². The van der Waals surface area contributed by atoms with Crippen LogP contribution in [0, 0.1) is 5.92 Å². The lowest BCUT2D eigenvalue weighted by atomic mass is 9.97. The van der Waals surface area contributed by atoms with Gasteiger partial charge in [0, 0.05) is 6.54 Å². The summed E-state index contributed by atoms with van der Waals surface area (Å²) in [5.41, 5.74) is 5.40. The van der Waals surface area contributed by atoms with Gasteiger partial charge in [0.25, 0.3) is 0 Å². The van der Waals surface area contributed by atoms with E-state index in [4.69, 9.17) is 5.73 Å². The predicted octanol–water partition coefficient (Wildman–Crippen LogP) is 3.90. The first-order chi connectivity index (χ1) is 9.24. The lowest BCUT2D eigenvalue weighted by Crippen LogP contribution is -2.41. The molecule has 3 nitrogen and oxygen atoms in total. The van der Waals surface area contributed by atoms with Gasteiger partial charge in [0.2, 0.25) is 5.91 Å². The first kappa shape index (κ1) is 19.9. The maximum absolute atomic E-state index is 11.2. The molecule has 20 heavy (non-hydrogen) atoms. The molecule has 0 aromatic heterocycles. The van der Waals surface area contributed by atoms with E-state index in [1.165, 1.54) is 51.4 Å². The Morgan fingerprint density at radius 1 is 1.10 bits per heavy atom. The zero-order valence-electron chi connectivity index (χ0n) is 13.1. The standard InChI is InChI=1S/C16H32N2O.BrH/c1-2-3-4-5-6-7-8-9-12-18-13-10-11-15(14-18)16(17)19;/h15H,2-14H2,1H3,(H2,17,19);1H. The largest absolute Gasteiger partial charge is 0.369 e. The van der Waals surface area contributed by atoms with E-state index in [9.17, 15) is 4.79 Å². The molecule has 2 N–H and O–H groups in total. The van der Waals surface area contributed by atoms with Crippen LogP contribution in [-0.2, 0) is 4.79 Å². The summed E-state index contributed by atoms with van der Waals surface area (Å²) in [6.45, 7) is 5.46.